The number of urea groups is 2. The summed E-state index contributed by atoms with van der Waals surface area (Å²) in [6, 6.07) is -0.253. The van der Waals surface area contributed by atoms with E-state index in [2.05, 4.69) is 21.3 Å². The molecule has 0 radical (unpaired) electrons. The summed E-state index contributed by atoms with van der Waals surface area (Å²) < 4.78 is 0. The lowest BCUT2D eigenvalue weighted by Gasteiger charge is -2.21. The molecule has 0 atom stereocenters. The number of carbonyl (C=O) groups is 2. The molecule has 10 heteroatoms. The molecule has 8 N–H and O–H groups in total. The Kier molecular flexibility index (Phi) is 23.1. The van der Waals surface area contributed by atoms with Gasteiger partial charge in [0.2, 0.25) is 0 Å². The topological polar surface area (TPSA) is 163 Å². The maximum Gasteiger partial charge on any atom is 0.314 e. The van der Waals surface area contributed by atoms with Crippen molar-refractivity contribution in [2.45, 2.75) is 120 Å². The summed E-state index contributed by atoms with van der Waals surface area (Å²) in [5.41, 5.74) is -0.197. The van der Waals surface area contributed by atoms with Crippen LogP contribution in [0.25, 0.3) is 0 Å². The molecule has 0 rings (SSSR count). The van der Waals surface area contributed by atoms with Crippen LogP contribution in [-0.4, -0.2) is 85.1 Å². The molecule has 0 fully saturated rings. The van der Waals surface area contributed by atoms with Crippen molar-refractivity contribution in [2.75, 3.05) is 52.6 Å². The van der Waals surface area contributed by atoms with Gasteiger partial charge < -0.3 is 41.7 Å². The first-order chi connectivity index (χ1) is 19.4. The van der Waals surface area contributed by atoms with Crippen molar-refractivity contribution >= 4 is 12.1 Å². The molecule has 0 saturated heterocycles. The average molecular weight is 605 g/mol. The molecular weight excluding hydrogens is 536 g/mol. The lowest BCUT2D eigenvalue weighted by atomic mass is 9.88. The SMILES string of the molecule is CC(C)(CO)CCCCNC(=O)NCCCCC(C)(C)CO.CC(C)(CO)CCCNC(=O)NCCCC(C)(C)CO. The highest BCUT2D eigenvalue weighted by Crippen LogP contribution is 2.23. The van der Waals surface area contributed by atoms with Crippen LogP contribution >= 0.6 is 0 Å². The van der Waals surface area contributed by atoms with Gasteiger partial charge in [0.05, 0.1) is 0 Å². The Labute approximate surface area is 257 Å². The molecule has 10 nitrogen and oxygen atoms in total. The summed E-state index contributed by atoms with van der Waals surface area (Å²) in [7, 11) is 0. The van der Waals surface area contributed by atoms with Crippen LogP contribution in [0.1, 0.15) is 120 Å². The lowest BCUT2D eigenvalue weighted by molar-refractivity contribution is 0.147. The lowest BCUT2D eigenvalue weighted by Crippen LogP contribution is -2.37. The molecular formula is C32H68N4O6. The van der Waals surface area contributed by atoms with Gasteiger partial charge in [0, 0.05) is 52.6 Å². The molecule has 0 unspecified atom stereocenters. The van der Waals surface area contributed by atoms with Gasteiger partial charge in [-0.1, -0.05) is 68.2 Å². The third-order valence-corrected chi connectivity index (χ3v) is 7.48. The van der Waals surface area contributed by atoms with Crippen LogP contribution < -0.4 is 21.3 Å². The van der Waals surface area contributed by atoms with E-state index in [-0.39, 0.29) is 60.1 Å². The van der Waals surface area contributed by atoms with Gasteiger partial charge in [0.25, 0.3) is 0 Å². The summed E-state index contributed by atoms with van der Waals surface area (Å²) >= 11 is 0. The second kappa shape index (κ2) is 22.9. The normalized spacial score (nSPS) is 12.3. The quantitative estimate of drug-likeness (QED) is 0.0846. The predicted octanol–water partition coefficient (Wildman–Crippen LogP) is 4.55. The molecule has 252 valence electrons. The Bertz CT molecular complexity index is 644. The number of aliphatic hydroxyl groups excluding tert-OH is 4. The maximum atomic E-state index is 11.6. The number of hydrogen-bond acceptors (Lipinski definition) is 6. The van der Waals surface area contributed by atoms with E-state index in [1.54, 1.807) is 0 Å². The summed E-state index contributed by atoms with van der Waals surface area (Å²) in [5.74, 6) is 0. The first kappa shape index (κ1) is 42.5. The number of rotatable bonds is 22. The molecule has 0 aliphatic carbocycles. The van der Waals surface area contributed by atoms with Crippen LogP contribution in [0.3, 0.4) is 0 Å². The van der Waals surface area contributed by atoms with E-state index in [9.17, 15) is 9.59 Å². The van der Waals surface area contributed by atoms with Crippen molar-refractivity contribution in [1.29, 1.82) is 0 Å². The monoisotopic (exact) mass is 605 g/mol. The van der Waals surface area contributed by atoms with Gasteiger partial charge in [-0.3, -0.25) is 0 Å². The Balaban J connectivity index is 0. The van der Waals surface area contributed by atoms with Crippen molar-refractivity contribution in [3.05, 3.63) is 0 Å². The summed E-state index contributed by atoms with van der Waals surface area (Å²) in [5, 5.41) is 47.9. The molecule has 0 aromatic rings. The Morgan fingerprint density at radius 2 is 0.619 bits per heavy atom. The van der Waals surface area contributed by atoms with E-state index in [0.29, 0.717) is 26.2 Å². The minimum absolute atomic E-state index is 0.0232. The third-order valence-electron chi connectivity index (χ3n) is 7.48. The average Bonchev–Trinajstić information content (AvgIpc) is 2.93. The highest BCUT2D eigenvalue weighted by atomic mass is 16.3. The van der Waals surface area contributed by atoms with E-state index in [1.165, 1.54) is 0 Å². The van der Waals surface area contributed by atoms with E-state index in [1.807, 2.05) is 55.4 Å². The molecule has 0 spiro atoms. The molecule has 0 bridgehead atoms. The summed E-state index contributed by atoms with van der Waals surface area (Å²) in [6.07, 6.45) is 9.29. The molecule has 0 saturated carbocycles. The number of carbonyl (C=O) groups excluding carboxylic acids is 2. The molecule has 0 aliphatic rings. The zero-order chi connectivity index (χ0) is 32.7. The molecule has 0 aromatic heterocycles. The van der Waals surface area contributed by atoms with Crippen LogP contribution in [0.15, 0.2) is 0 Å². The second-order valence-electron chi connectivity index (χ2n) is 14.8. The minimum Gasteiger partial charge on any atom is -0.396 e. The zero-order valence-corrected chi connectivity index (χ0v) is 28.3. The smallest absolute Gasteiger partial charge is 0.314 e. The summed E-state index contributed by atoms with van der Waals surface area (Å²) in [6.45, 7) is 19.6. The Morgan fingerprint density at radius 3 is 0.857 bits per heavy atom. The van der Waals surface area contributed by atoms with Gasteiger partial charge in [0.1, 0.15) is 0 Å². The fourth-order valence-corrected chi connectivity index (χ4v) is 3.84. The largest absolute Gasteiger partial charge is 0.396 e. The van der Waals surface area contributed by atoms with Gasteiger partial charge in [0.15, 0.2) is 0 Å². The van der Waals surface area contributed by atoms with Gasteiger partial charge in [-0.2, -0.15) is 0 Å². The molecule has 4 amide bonds. The van der Waals surface area contributed by atoms with Gasteiger partial charge in [-0.25, -0.2) is 9.59 Å². The van der Waals surface area contributed by atoms with Crippen molar-refractivity contribution in [2.24, 2.45) is 21.7 Å². The van der Waals surface area contributed by atoms with Gasteiger partial charge in [-0.15, -0.1) is 0 Å². The highest BCUT2D eigenvalue weighted by Gasteiger charge is 2.18. The number of unbranched alkanes of at least 4 members (excludes halogenated alkanes) is 2. The van der Waals surface area contributed by atoms with Crippen molar-refractivity contribution in [1.82, 2.24) is 21.3 Å². The summed E-state index contributed by atoms with van der Waals surface area (Å²) in [4.78, 5) is 23.1. The molecule has 0 aliphatic heterocycles. The second-order valence-corrected chi connectivity index (χ2v) is 14.8. The molecule has 42 heavy (non-hydrogen) atoms. The zero-order valence-electron chi connectivity index (χ0n) is 28.3. The van der Waals surface area contributed by atoms with Crippen LogP contribution in [0.2, 0.25) is 0 Å². The van der Waals surface area contributed by atoms with E-state index in [0.717, 1.165) is 64.2 Å². The minimum atomic E-state index is -0.145. The van der Waals surface area contributed by atoms with E-state index < -0.39 is 0 Å². The number of nitrogens with one attached hydrogen (secondary N) is 4. The first-order valence-corrected chi connectivity index (χ1v) is 15.9. The third kappa shape index (κ3) is 27.2. The standard InChI is InChI=1S/C17H36N2O3.C15H32N2O3/c1-16(2,13-20)9-5-7-11-18-15(22)19-12-8-6-10-17(3,4)14-21;1-14(2,11-18)7-5-9-16-13(20)17-10-6-8-15(3,4)12-19/h20-21H,5-14H2,1-4H3,(H2,18,19,22);18-19H,5-12H2,1-4H3,(H2,16,17,20). The fourth-order valence-electron chi connectivity index (χ4n) is 3.84. The van der Waals surface area contributed by atoms with Crippen LogP contribution in [0.5, 0.6) is 0 Å². The maximum absolute atomic E-state index is 11.6. The van der Waals surface area contributed by atoms with Crippen molar-refractivity contribution in [3.63, 3.8) is 0 Å². The fraction of sp³-hybridized carbons (Fsp3) is 0.938. The predicted molar refractivity (Wildman–Crippen MR) is 172 cm³/mol. The van der Waals surface area contributed by atoms with Crippen LogP contribution in [0.4, 0.5) is 9.59 Å². The van der Waals surface area contributed by atoms with Crippen molar-refractivity contribution < 1.29 is 30.0 Å². The van der Waals surface area contributed by atoms with Gasteiger partial charge >= 0.3 is 12.1 Å². The highest BCUT2D eigenvalue weighted by molar-refractivity contribution is 5.74. The Morgan fingerprint density at radius 1 is 0.405 bits per heavy atom. The first-order valence-electron chi connectivity index (χ1n) is 15.9. The number of hydrogen-bond donors (Lipinski definition) is 8. The van der Waals surface area contributed by atoms with Crippen LogP contribution in [-0.2, 0) is 0 Å². The van der Waals surface area contributed by atoms with Gasteiger partial charge in [-0.05, 0) is 73.0 Å². The van der Waals surface area contributed by atoms with E-state index >= 15 is 0 Å². The Hall–Kier alpha value is -1.62. The number of amides is 4. The number of aliphatic hydroxyl groups is 4. The van der Waals surface area contributed by atoms with Crippen molar-refractivity contribution in [3.8, 4) is 0 Å². The molecule has 0 aromatic carbocycles. The molecule has 0 heterocycles. The van der Waals surface area contributed by atoms with E-state index in [4.69, 9.17) is 20.4 Å². The van der Waals surface area contributed by atoms with Crippen LogP contribution in [0, 0.1) is 21.7 Å².